The summed E-state index contributed by atoms with van der Waals surface area (Å²) in [5.74, 6) is 0.737. The van der Waals surface area contributed by atoms with Crippen LogP contribution in [0.4, 0.5) is 4.39 Å². The summed E-state index contributed by atoms with van der Waals surface area (Å²) in [6.45, 7) is 4.09. The molecule has 0 spiro atoms. The summed E-state index contributed by atoms with van der Waals surface area (Å²) < 4.78 is 19.1. The van der Waals surface area contributed by atoms with Crippen LogP contribution in [0.1, 0.15) is 31.4 Å². The van der Waals surface area contributed by atoms with Crippen LogP contribution >= 0.6 is 0 Å². The first kappa shape index (κ1) is 13.5. The SMILES string of the molecule is COc1cc(CCC#N)cc(F)c1CC(C)C. The number of hydrogen-bond acceptors (Lipinski definition) is 2. The Morgan fingerprint density at radius 2 is 2.12 bits per heavy atom. The molecule has 0 bridgehead atoms. The second kappa shape index (κ2) is 6.24. The van der Waals surface area contributed by atoms with Crippen molar-refractivity contribution in [1.82, 2.24) is 0 Å². The Morgan fingerprint density at radius 1 is 1.41 bits per heavy atom. The van der Waals surface area contributed by atoms with Crippen molar-refractivity contribution < 1.29 is 9.13 Å². The highest BCUT2D eigenvalue weighted by Gasteiger charge is 2.13. The highest BCUT2D eigenvalue weighted by Crippen LogP contribution is 2.26. The van der Waals surface area contributed by atoms with Crippen LogP contribution in [0.15, 0.2) is 12.1 Å². The van der Waals surface area contributed by atoms with Crippen molar-refractivity contribution in [2.45, 2.75) is 33.1 Å². The van der Waals surface area contributed by atoms with Gasteiger partial charge in [-0.05, 0) is 36.5 Å². The molecular formula is C14H18FNO. The molecule has 0 saturated carbocycles. The first-order valence-electron chi connectivity index (χ1n) is 5.80. The molecule has 0 atom stereocenters. The highest BCUT2D eigenvalue weighted by atomic mass is 19.1. The topological polar surface area (TPSA) is 33.0 Å². The smallest absolute Gasteiger partial charge is 0.130 e. The second-order valence-corrected chi connectivity index (χ2v) is 4.51. The summed E-state index contributed by atoms with van der Waals surface area (Å²) in [6, 6.07) is 5.40. The van der Waals surface area contributed by atoms with Crippen molar-refractivity contribution >= 4 is 0 Å². The van der Waals surface area contributed by atoms with E-state index in [1.165, 1.54) is 6.07 Å². The Morgan fingerprint density at radius 3 is 2.65 bits per heavy atom. The number of nitrogens with zero attached hydrogens (tertiary/aromatic N) is 1. The summed E-state index contributed by atoms with van der Waals surface area (Å²) in [5, 5.41) is 8.52. The van der Waals surface area contributed by atoms with E-state index < -0.39 is 0 Å². The summed E-state index contributed by atoms with van der Waals surface area (Å²) in [4.78, 5) is 0. The van der Waals surface area contributed by atoms with Crippen molar-refractivity contribution in [3.63, 3.8) is 0 Å². The van der Waals surface area contributed by atoms with E-state index in [9.17, 15) is 4.39 Å². The second-order valence-electron chi connectivity index (χ2n) is 4.51. The minimum absolute atomic E-state index is 0.231. The molecule has 2 nitrogen and oxygen atoms in total. The lowest BCUT2D eigenvalue weighted by atomic mass is 9.98. The zero-order valence-corrected chi connectivity index (χ0v) is 10.6. The maximum atomic E-state index is 13.9. The molecular weight excluding hydrogens is 217 g/mol. The zero-order chi connectivity index (χ0) is 12.8. The van der Waals surface area contributed by atoms with Crippen molar-refractivity contribution in [2.24, 2.45) is 5.92 Å². The highest BCUT2D eigenvalue weighted by molar-refractivity contribution is 5.39. The number of hydrogen-bond donors (Lipinski definition) is 0. The van der Waals surface area contributed by atoms with Crippen LogP contribution in [-0.4, -0.2) is 7.11 Å². The lowest BCUT2D eigenvalue weighted by molar-refractivity contribution is 0.400. The number of methoxy groups -OCH3 is 1. The Hall–Kier alpha value is -1.56. The number of ether oxygens (including phenoxy) is 1. The maximum absolute atomic E-state index is 13.9. The predicted octanol–water partition coefficient (Wildman–Crippen LogP) is 3.49. The van der Waals surface area contributed by atoms with Crippen LogP contribution in [-0.2, 0) is 12.8 Å². The molecule has 0 unspecified atom stereocenters. The molecule has 0 radical (unpaired) electrons. The van der Waals surface area contributed by atoms with Gasteiger partial charge < -0.3 is 4.74 Å². The largest absolute Gasteiger partial charge is 0.496 e. The van der Waals surface area contributed by atoms with Gasteiger partial charge in [-0.15, -0.1) is 0 Å². The van der Waals surface area contributed by atoms with Gasteiger partial charge in [-0.3, -0.25) is 0 Å². The molecule has 0 aliphatic carbocycles. The molecule has 0 aliphatic rings. The predicted molar refractivity (Wildman–Crippen MR) is 65.4 cm³/mol. The summed E-state index contributed by atoms with van der Waals surface area (Å²) in [7, 11) is 1.55. The molecule has 0 saturated heterocycles. The molecule has 0 aromatic heterocycles. The number of aryl methyl sites for hydroxylation is 1. The van der Waals surface area contributed by atoms with E-state index in [2.05, 4.69) is 6.07 Å². The quantitative estimate of drug-likeness (QED) is 0.782. The van der Waals surface area contributed by atoms with Crippen LogP contribution < -0.4 is 4.74 Å². The van der Waals surface area contributed by atoms with Crippen LogP contribution in [0.25, 0.3) is 0 Å². The van der Waals surface area contributed by atoms with Crippen LogP contribution in [0.3, 0.4) is 0 Å². The van der Waals surface area contributed by atoms with Gasteiger partial charge in [0.1, 0.15) is 11.6 Å². The van der Waals surface area contributed by atoms with Crippen molar-refractivity contribution in [3.05, 3.63) is 29.1 Å². The van der Waals surface area contributed by atoms with Gasteiger partial charge in [0, 0.05) is 12.0 Å². The van der Waals surface area contributed by atoms with Gasteiger partial charge in [-0.25, -0.2) is 4.39 Å². The number of benzene rings is 1. The molecule has 0 N–H and O–H groups in total. The van der Waals surface area contributed by atoms with Crippen LogP contribution in [0.2, 0.25) is 0 Å². The third-order valence-electron chi connectivity index (χ3n) is 2.57. The van der Waals surface area contributed by atoms with E-state index in [-0.39, 0.29) is 5.82 Å². The normalized spacial score (nSPS) is 10.4. The average Bonchev–Trinajstić information content (AvgIpc) is 2.28. The standard InChI is InChI=1S/C14H18FNO/c1-10(2)7-12-13(15)8-11(5-4-6-16)9-14(12)17-3/h8-10H,4-5,7H2,1-3H3. The molecule has 92 valence electrons. The van der Waals surface area contributed by atoms with E-state index in [4.69, 9.17) is 10.00 Å². The van der Waals surface area contributed by atoms with Gasteiger partial charge >= 0.3 is 0 Å². The number of nitriles is 1. The number of halogens is 1. The Balaban J connectivity index is 3.03. The molecule has 1 aromatic rings. The molecule has 3 heteroatoms. The lowest BCUT2D eigenvalue weighted by Crippen LogP contribution is -2.02. The van der Waals surface area contributed by atoms with Gasteiger partial charge in [0.15, 0.2) is 0 Å². The Kier molecular flexibility index (Phi) is 4.96. The van der Waals surface area contributed by atoms with Gasteiger partial charge in [-0.2, -0.15) is 5.26 Å². The van der Waals surface area contributed by atoms with Crippen molar-refractivity contribution in [2.75, 3.05) is 7.11 Å². The number of rotatable bonds is 5. The first-order valence-corrected chi connectivity index (χ1v) is 5.80. The molecule has 17 heavy (non-hydrogen) atoms. The fourth-order valence-corrected chi connectivity index (χ4v) is 1.80. The van der Waals surface area contributed by atoms with E-state index in [0.717, 1.165) is 5.56 Å². The van der Waals surface area contributed by atoms with Gasteiger partial charge in [0.25, 0.3) is 0 Å². The lowest BCUT2D eigenvalue weighted by Gasteiger charge is -2.13. The summed E-state index contributed by atoms with van der Waals surface area (Å²) in [6.07, 6.45) is 1.62. The Labute approximate surface area is 102 Å². The van der Waals surface area contributed by atoms with E-state index in [1.54, 1.807) is 7.11 Å². The fourth-order valence-electron chi connectivity index (χ4n) is 1.80. The molecule has 0 heterocycles. The van der Waals surface area contributed by atoms with E-state index in [1.807, 2.05) is 19.9 Å². The minimum Gasteiger partial charge on any atom is -0.496 e. The van der Waals surface area contributed by atoms with Gasteiger partial charge in [0.05, 0.1) is 13.2 Å². The summed E-state index contributed by atoms with van der Waals surface area (Å²) >= 11 is 0. The molecule has 1 aromatic carbocycles. The molecule has 0 fully saturated rings. The van der Waals surface area contributed by atoms with Crippen LogP contribution in [0.5, 0.6) is 5.75 Å². The third kappa shape index (κ3) is 3.74. The monoisotopic (exact) mass is 235 g/mol. The average molecular weight is 235 g/mol. The molecule has 1 rings (SSSR count). The van der Waals surface area contributed by atoms with Crippen molar-refractivity contribution in [3.8, 4) is 11.8 Å². The van der Waals surface area contributed by atoms with Gasteiger partial charge in [-0.1, -0.05) is 13.8 Å². The minimum atomic E-state index is -0.231. The molecule has 0 aliphatic heterocycles. The van der Waals surface area contributed by atoms with E-state index >= 15 is 0 Å². The Bertz CT molecular complexity index is 421. The van der Waals surface area contributed by atoms with E-state index in [0.29, 0.717) is 36.5 Å². The molecule has 0 amide bonds. The van der Waals surface area contributed by atoms with Gasteiger partial charge in [0.2, 0.25) is 0 Å². The van der Waals surface area contributed by atoms with Crippen LogP contribution in [0, 0.1) is 23.1 Å². The van der Waals surface area contributed by atoms with Crippen molar-refractivity contribution in [1.29, 1.82) is 5.26 Å². The maximum Gasteiger partial charge on any atom is 0.130 e. The third-order valence-corrected chi connectivity index (χ3v) is 2.57. The first-order chi connectivity index (χ1) is 8.08. The fraction of sp³-hybridized carbons (Fsp3) is 0.500. The zero-order valence-electron chi connectivity index (χ0n) is 10.6. The summed E-state index contributed by atoms with van der Waals surface area (Å²) in [5.41, 5.74) is 1.44.